The Morgan fingerprint density at radius 2 is 1.85 bits per heavy atom. The highest BCUT2D eigenvalue weighted by atomic mass is 16.2. The van der Waals surface area contributed by atoms with E-state index in [0.717, 1.165) is 17.9 Å². The zero-order valence-corrected chi connectivity index (χ0v) is 12.0. The van der Waals surface area contributed by atoms with Gasteiger partial charge in [-0.1, -0.05) is 30.3 Å². The van der Waals surface area contributed by atoms with Crippen LogP contribution in [-0.2, 0) is 4.79 Å². The monoisotopic (exact) mass is 268 g/mol. The Kier molecular flexibility index (Phi) is 4.77. The maximum absolute atomic E-state index is 12.1. The number of nitrogens with zero attached hydrogens (tertiary/aromatic N) is 1. The highest BCUT2D eigenvalue weighted by Crippen LogP contribution is 2.15. The lowest BCUT2D eigenvalue weighted by Gasteiger charge is -2.22. The number of para-hydroxylation sites is 1. The van der Waals surface area contributed by atoms with Crippen molar-refractivity contribution in [3.8, 4) is 0 Å². The molecule has 0 radical (unpaired) electrons. The molecule has 0 aromatic heterocycles. The van der Waals surface area contributed by atoms with Gasteiger partial charge in [0, 0.05) is 17.9 Å². The number of hydrogen-bond acceptors (Lipinski definition) is 2. The molecular weight excluding hydrogens is 248 g/mol. The van der Waals surface area contributed by atoms with Crippen molar-refractivity contribution in [2.45, 2.75) is 13.8 Å². The minimum atomic E-state index is -0.000411. The van der Waals surface area contributed by atoms with Crippen molar-refractivity contribution in [2.24, 2.45) is 0 Å². The van der Waals surface area contributed by atoms with E-state index in [2.05, 4.69) is 36.2 Å². The third-order valence-electron chi connectivity index (χ3n) is 3.14. The molecule has 1 amide bonds. The fourth-order valence-electron chi connectivity index (χ4n) is 2.11. The van der Waals surface area contributed by atoms with Gasteiger partial charge in [-0.2, -0.15) is 0 Å². The number of aryl methyl sites for hydroxylation is 1. The molecule has 0 saturated heterocycles. The van der Waals surface area contributed by atoms with Crippen LogP contribution in [0.15, 0.2) is 54.6 Å². The summed E-state index contributed by atoms with van der Waals surface area (Å²) in [4.78, 5) is 14.1. The zero-order valence-electron chi connectivity index (χ0n) is 12.0. The van der Waals surface area contributed by atoms with Crippen molar-refractivity contribution in [1.82, 2.24) is 0 Å². The maximum Gasteiger partial charge on any atom is 0.243 e. The van der Waals surface area contributed by atoms with E-state index in [4.69, 9.17) is 0 Å². The molecule has 2 aromatic carbocycles. The number of likely N-dealkylation sites (N-methyl/N-ethyl adjacent to an activating group) is 1. The number of carbonyl (C=O) groups excluding carboxylic acids is 1. The third kappa shape index (κ3) is 3.85. The molecule has 0 aliphatic carbocycles. The fraction of sp³-hybridized carbons (Fsp3) is 0.235. The quantitative estimate of drug-likeness (QED) is 0.900. The smallest absolute Gasteiger partial charge is 0.243 e. The Labute approximate surface area is 120 Å². The summed E-state index contributed by atoms with van der Waals surface area (Å²) in [6, 6.07) is 17.7. The molecular formula is C17H20N2O. The second-order valence-corrected chi connectivity index (χ2v) is 4.77. The van der Waals surface area contributed by atoms with Crippen molar-refractivity contribution in [3.63, 3.8) is 0 Å². The minimum absolute atomic E-state index is 0.000411. The second-order valence-electron chi connectivity index (χ2n) is 4.77. The average molecular weight is 268 g/mol. The summed E-state index contributed by atoms with van der Waals surface area (Å²) in [5.41, 5.74) is 3.11. The summed E-state index contributed by atoms with van der Waals surface area (Å²) >= 11 is 0. The molecule has 1 N–H and O–H groups in total. The van der Waals surface area contributed by atoms with Gasteiger partial charge < -0.3 is 10.2 Å². The van der Waals surface area contributed by atoms with Gasteiger partial charge in [-0.25, -0.2) is 0 Å². The summed E-state index contributed by atoms with van der Waals surface area (Å²) in [7, 11) is 0. The van der Waals surface area contributed by atoms with Crippen LogP contribution in [0.4, 0.5) is 11.4 Å². The van der Waals surface area contributed by atoms with Crippen molar-refractivity contribution < 1.29 is 4.79 Å². The summed E-state index contributed by atoms with van der Waals surface area (Å²) in [6.45, 7) is 5.26. The predicted octanol–water partition coefficient (Wildman–Crippen LogP) is 3.46. The van der Waals surface area contributed by atoms with E-state index >= 15 is 0 Å². The van der Waals surface area contributed by atoms with Crippen molar-refractivity contribution >= 4 is 17.3 Å². The van der Waals surface area contributed by atoms with Gasteiger partial charge in [0.05, 0.1) is 6.54 Å². The van der Waals surface area contributed by atoms with Crippen LogP contribution in [0.25, 0.3) is 0 Å². The van der Waals surface area contributed by atoms with E-state index in [9.17, 15) is 4.79 Å². The zero-order chi connectivity index (χ0) is 14.4. The number of anilines is 2. The highest BCUT2D eigenvalue weighted by molar-refractivity contribution is 5.94. The van der Waals surface area contributed by atoms with Crippen LogP contribution in [0.3, 0.4) is 0 Å². The highest BCUT2D eigenvalue weighted by Gasteiger charge is 2.10. The number of hydrogen-bond donors (Lipinski definition) is 1. The molecule has 0 bridgehead atoms. The molecule has 0 fully saturated rings. The van der Waals surface area contributed by atoms with E-state index in [1.54, 1.807) is 0 Å². The van der Waals surface area contributed by atoms with Crippen LogP contribution < -0.4 is 10.2 Å². The fourth-order valence-corrected chi connectivity index (χ4v) is 2.11. The normalized spacial score (nSPS) is 10.1. The standard InChI is InChI=1S/C17H20N2O/c1-3-19(16-11-7-8-14(2)12-16)13-17(20)18-15-9-5-4-6-10-15/h4-12H,3,13H2,1-2H3,(H,18,20). The van der Waals surface area contributed by atoms with Gasteiger partial charge >= 0.3 is 0 Å². The van der Waals surface area contributed by atoms with Gasteiger partial charge in [-0.3, -0.25) is 4.79 Å². The molecule has 104 valence electrons. The molecule has 2 rings (SSSR count). The van der Waals surface area contributed by atoms with E-state index in [1.807, 2.05) is 42.5 Å². The van der Waals surface area contributed by atoms with E-state index in [-0.39, 0.29) is 5.91 Å². The van der Waals surface area contributed by atoms with Crippen molar-refractivity contribution in [1.29, 1.82) is 0 Å². The van der Waals surface area contributed by atoms with Gasteiger partial charge in [0.1, 0.15) is 0 Å². The Bertz CT molecular complexity index is 566. The first-order valence-electron chi connectivity index (χ1n) is 6.85. The third-order valence-corrected chi connectivity index (χ3v) is 3.14. The SMILES string of the molecule is CCN(CC(=O)Nc1ccccc1)c1cccc(C)c1. The molecule has 3 nitrogen and oxygen atoms in total. The molecule has 0 heterocycles. The lowest BCUT2D eigenvalue weighted by atomic mass is 10.2. The Hall–Kier alpha value is -2.29. The number of rotatable bonds is 5. The molecule has 0 spiro atoms. The number of nitrogens with one attached hydrogen (secondary N) is 1. The van der Waals surface area contributed by atoms with Crippen LogP contribution in [0.2, 0.25) is 0 Å². The topological polar surface area (TPSA) is 32.3 Å². The van der Waals surface area contributed by atoms with Gasteiger partial charge in [0.25, 0.3) is 0 Å². The van der Waals surface area contributed by atoms with E-state index in [0.29, 0.717) is 6.54 Å². The first-order chi connectivity index (χ1) is 9.69. The minimum Gasteiger partial charge on any atom is -0.362 e. The molecule has 20 heavy (non-hydrogen) atoms. The van der Waals surface area contributed by atoms with Gasteiger partial charge in [0.2, 0.25) is 5.91 Å². The van der Waals surface area contributed by atoms with Crippen LogP contribution in [0.1, 0.15) is 12.5 Å². The predicted molar refractivity (Wildman–Crippen MR) is 84.1 cm³/mol. The first-order valence-corrected chi connectivity index (χ1v) is 6.85. The molecule has 0 aliphatic heterocycles. The van der Waals surface area contributed by atoms with Crippen LogP contribution >= 0.6 is 0 Å². The average Bonchev–Trinajstić information content (AvgIpc) is 2.46. The van der Waals surface area contributed by atoms with Crippen LogP contribution in [-0.4, -0.2) is 19.0 Å². The lowest BCUT2D eigenvalue weighted by Crippen LogP contribution is -2.33. The summed E-state index contributed by atoms with van der Waals surface area (Å²) in [5.74, 6) is -0.000411. The maximum atomic E-state index is 12.1. The number of benzene rings is 2. The number of amides is 1. The molecule has 0 aliphatic rings. The second kappa shape index (κ2) is 6.75. The summed E-state index contributed by atoms with van der Waals surface area (Å²) in [6.07, 6.45) is 0. The Balaban J connectivity index is 2.01. The van der Waals surface area contributed by atoms with Gasteiger partial charge in [0.15, 0.2) is 0 Å². The van der Waals surface area contributed by atoms with Gasteiger partial charge in [-0.05, 0) is 43.7 Å². The largest absolute Gasteiger partial charge is 0.362 e. The van der Waals surface area contributed by atoms with E-state index < -0.39 is 0 Å². The molecule has 0 saturated carbocycles. The Morgan fingerprint density at radius 1 is 1.10 bits per heavy atom. The number of carbonyl (C=O) groups is 1. The summed E-state index contributed by atoms with van der Waals surface area (Å²) in [5, 5.41) is 2.91. The van der Waals surface area contributed by atoms with Crippen molar-refractivity contribution in [3.05, 3.63) is 60.2 Å². The lowest BCUT2D eigenvalue weighted by molar-refractivity contribution is -0.115. The molecule has 2 aromatic rings. The first kappa shape index (κ1) is 14.1. The van der Waals surface area contributed by atoms with Crippen molar-refractivity contribution in [2.75, 3.05) is 23.3 Å². The van der Waals surface area contributed by atoms with Crippen LogP contribution in [0.5, 0.6) is 0 Å². The summed E-state index contributed by atoms with van der Waals surface area (Å²) < 4.78 is 0. The molecule has 0 unspecified atom stereocenters. The molecule has 3 heteroatoms. The van der Waals surface area contributed by atoms with Gasteiger partial charge in [-0.15, -0.1) is 0 Å². The molecule has 0 atom stereocenters. The van der Waals surface area contributed by atoms with E-state index in [1.165, 1.54) is 5.56 Å². The van der Waals surface area contributed by atoms with Crippen LogP contribution in [0, 0.1) is 6.92 Å². The Morgan fingerprint density at radius 3 is 2.50 bits per heavy atom.